The van der Waals surface area contributed by atoms with Crippen molar-refractivity contribution in [2.45, 2.75) is 33.7 Å². The molecule has 0 saturated heterocycles. The maximum Gasteiger partial charge on any atom is 0.279 e. The van der Waals surface area contributed by atoms with Crippen molar-refractivity contribution < 1.29 is 14.1 Å². The first-order valence-electron chi connectivity index (χ1n) is 9.44. The number of aromatic nitrogens is 2. The predicted octanol–water partition coefficient (Wildman–Crippen LogP) is 2.88. The average molecular weight is 379 g/mol. The van der Waals surface area contributed by atoms with Gasteiger partial charge in [0.15, 0.2) is 12.6 Å². The molecule has 0 bridgehead atoms. The molecule has 0 spiro atoms. The third-order valence-corrected chi connectivity index (χ3v) is 5.13. The molecule has 3 aromatic rings. The van der Waals surface area contributed by atoms with Crippen LogP contribution < -0.4 is 10.2 Å². The quantitative estimate of drug-likeness (QED) is 0.691. The van der Waals surface area contributed by atoms with Crippen LogP contribution >= 0.6 is 0 Å². The van der Waals surface area contributed by atoms with E-state index in [9.17, 15) is 4.79 Å². The van der Waals surface area contributed by atoms with Crippen LogP contribution in [0.3, 0.4) is 0 Å². The molecule has 1 amide bonds. The van der Waals surface area contributed by atoms with Gasteiger partial charge in [0.1, 0.15) is 0 Å². The van der Waals surface area contributed by atoms with E-state index in [2.05, 4.69) is 15.5 Å². The molecular formula is C22H27N4O2+. The fraction of sp³-hybridized carbons (Fsp3) is 0.318. The molecule has 3 rings (SSSR count). The smallest absolute Gasteiger partial charge is 0.279 e. The van der Waals surface area contributed by atoms with Crippen molar-refractivity contribution in [2.24, 2.45) is 0 Å². The van der Waals surface area contributed by atoms with E-state index >= 15 is 0 Å². The molecule has 2 atom stereocenters. The van der Waals surface area contributed by atoms with E-state index in [1.54, 1.807) is 0 Å². The summed E-state index contributed by atoms with van der Waals surface area (Å²) in [5.74, 6) is 0.975. The molecule has 1 heterocycles. The predicted molar refractivity (Wildman–Crippen MR) is 109 cm³/mol. The summed E-state index contributed by atoms with van der Waals surface area (Å²) in [5, 5.41) is 11.4. The zero-order valence-electron chi connectivity index (χ0n) is 17.0. The minimum Gasteiger partial charge on any atom is -0.415 e. The Labute approximate surface area is 165 Å². The molecule has 6 nitrogen and oxygen atoms in total. The van der Waals surface area contributed by atoms with E-state index in [1.165, 1.54) is 0 Å². The first-order valence-corrected chi connectivity index (χ1v) is 9.44. The van der Waals surface area contributed by atoms with Crippen LogP contribution in [0.4, 0.5) is 5.69 Å². The molecule has 28 heavy (non-hydrogen) atoms. The minimum atomic E-state index is -0.101. The lowest BCUT2D eigenvalue weighted by atomic mass is 10.1. The first kappa shape index (κ1) is 19.8. The van der Waals surface area contributed by atoms with Gasteiger partial charge in [0.25, 0.3) is 11.8 Å². The Hall–Kier alpha value is -2.99. The van der Waals surface area contributed by atoms with Crippen molar-refractivity contribution >= 4 is 11.6 Å². The maximum atomic E-state index is 12.5. The van der Waals surface area contributed by atoms with Gasteiger partial charge >= 0.3 is 0 Å². The van der Waals surface area contributed by atoms with Gasteiger partial charge in [-0.2, -0.15) is 0 Å². The maximum absolute atomic E-state index is 12.5. The van der Waals surface area contributed by atoms with Gasteiger partial charge in [-0.05, 0) is 57.0 Å². The topological polar surface area (TPSA) is 72.5 Å². The lowest BCUT2D eigenvalue weighted by molar-refractivity contribution is -0.903. The Morgan fingerprint density at radius 1 is 1.14 bits per heavy atom. The summed E-state index contributed by atoms with van der Waals surface area (Å²) in [5.41, 5.74) is 5.13. The third kappa shape index (κ3) is 4.46. The number of hydrogen-bond acceptors (Lipinski definition) is 4. The van der Waals surface area contributed by atoms with Gasteiger partial charge in [-0.1, -0.05) is 29.8 Å². The zero-order valence-corrected chi connectivity index (χ0v) is 17.0. The van der Waals surface area contributed by atoms with Crippen molar-refractivity contribution in [3.05, 3.63) is 65.0 Å². The number of carbonyl (C=O) groups excluding carboxylic acids is 1. The number of rotatable bonds is 6. The van der Waals surface area contributed by atoms with Gasteiger partial charge in [0.2, 0.25) is 5.89 Å². The minimum absolute atomic E-state index is 0.0449. The van der Waals surface area contributed by atoms with Crippen molar-refractivity contribution in [2.75, 3.05) is 18.9 Å². The second kappa shape index (κ2) is 8.35. The van der Waals surface area contributed by atoms with Gasteiger partial charge in [0.05, 0.1) is 7.05 Å². The van der Waals surface area contributed by atoms with Crippen LogP contribution in [0.2, 0.25) is 0 Å². The van der Waals surface area contributed by atoms with Crippen LogP contribution in [0.15, 0.2) is 46.9 Å². The van der Waals surface area contributed by atoms with Gasteiger partial charge in [-0.25, -0.2) is 0 Å². The molecule has 1 unspecified atom stereocenters. The summed E-state index contributed by atoms with van der Waals surface area (Å²) in [4.78, 5) is 13.5. The van der Waals surface area contributed by atoms with E-state index in [0.717, 1.165) is 32.8 Å². The summed E-state index contributed by atoms with van der Waals surface area (Å²) in [6.07, 6.45) is 0. The molecule has 0 saturated carbocycles. The number of amides is 1. The summed E-state index contributed by atoms with van der Waals surface area (Å²) >= 11 is 0. The fourth-order valence-corrected chi connectivity index (χ4v) is 3.00. The van der Waals surface area contributed by atoms with Crippen molar-refractivity contribution in [1.82, 2.24) is 10.2 Å². The SMILES string of the molecule is Cc1cccc(-c2nnc([C@H](C)[NH+](C)CC(=O)Nc3cccc(C)c3C)o2)c1. The molecule has 0 radical (unpaired) electrons. The third-order valence-electron chi connectivity index (χ3n) is 5.13. The van der Waals surface area contributed by atoms with E-state index in [4.69, 9.17) is 4.42 Å². The number of likely N-dealkylation sites (N-methyl/N-ethyl adjacent to an activating group) is 1. The summed E-state index contributed by atoms with van der Waals surface area (Å²) in [7, 11) is 1.95. The largest absolute Gasteiger partial charge is 0.415 e. The Bertz CT molecular complexity index is 980. The first-order chi connectivity index (χ1) is 13.3. The molecule has 0 aliphatic carbocycles. The zero-order chi connectivity index (χ0) is 20.3. The Morgan fingerprint density at radius 3 is 2.64 bits per heavy atom. The molecule has 0 fully saturated rings. The number of aryl methyl sites for hydroxylation is 2. The number of quaternary nitrogens is 1. The summed E-state index contributed by atoms with van der Waals surface area (Å²) in [6, 6.07) is 13.7. The summed E-state index contributed by atoms with van der Waals surface area (Å²) in [6.45, 7) is 8.35. The van der Waals surface area contributed by atoms with Gasteiger partial charge in [-0.15, -0.1) is 10.2 Å². The van der Waals surface area contributed by atoms with E-state index in [-0.39, 0.29) is 11.9 Å². The van der Waals surface area contributed by atoms with E-state index in [1.807, 2.05) is 77.2 Å². The second-order valence-electron chi connectivity index (χ2n) is 7.36. The molecule has 0 aliphatic rings. The van der Waals surface area contributed by atoms with Crippen LogP contribution in [0.5, 0.6) is 0 Å². The second-order valence-corrected chi connectivity index (χ2v) is 7.36. The standard InChI is InChI=1S/C22H26N4O2/c1-14-8-6-10-18(12-14)22-25-24-21(28-22)17(4)26(5)13-20(27)23-19-11-7-9-15(2)16(19)3/h6-12,17H,13H2,1-5H3,(H,23,27)/p+1/t17-/m0/s1. The molecular weight excluding hydrogens is 352 g/mol. The average Bonchev–Trinajstić information content (AvgIpc) is 3.15. The number of anilines is 1. The number of benzene rings is 2. The van der Waals surface area contributed by atoms with Crippen LogP contribution in [0.1, 0.15) is 35.5 Å². The van der Waals surface area contributed by atoms with Gasteiger partial charge in [-0.3, -0.25) is 4.79 Å². The lowest BCUT2D eigenvalue weighted by Gasteiger charge is -2.19. The van der Waals surface area contributed by atoms with Crippen molar-refractivity contribution in [3.8, 4) is 11.5 Å². The normalized spacial score (nSPS) is 13.2. The number of nitrogens with zero attached hydrogens (tertiary/aromatic N) is 2. The monoisotopic (exact) mass is 379 g/mol. The number of carbonyl (C=O) groups is 1. The Kier molecular flexibility index (Phi) is 5.90. The lowest BCUT2D eigenvalue weighted by Crippen LogP contribution is -3.10. The van der Waals surface area contributed by atoms with Crippen molar-refractivity contribution in [3.63, 3.8) is 0 Å². The van der Waals surface area contributed by atoms with E-state index < -0.39 is 0 Å². The van der Waals surface area contributed by atoms with Crippen LogP contribution in [0.25, 0.3) is 11.5 Å². The number of nitrogens with one attached hydrogen (secondary N) is 2. The molecule has 146 valence electrons. The van der Waals surface area contributed by atoms with Gasteiger partial charge in [0, 0.05) is 11.3 Å². The fourth-order valence-electron chi connectivity index (χ4n) is 3.00. The Morgan fingerprint density at radius 2 is 1.89 bits per heavy atom. The molecule has 1 aromatic heterocycles. The van der Waals surface area contributed by atoms with Crippen LogP contribution in [-0.4, -0.2) is 29.7 Å². The highest BCUT2D eigenvalue weighted by atomic mass is 16.4. The highest BCUT2D eigenvalue weighted by Gasteiger charge is 2.24. The Balaban J connectivity index is 1.65. The number of hydrogen-bond donors (Lipinski definition) is 2. The molecule has 6 heteroatoms. The molecule has 2 N–H and O–H groups in total. The molecule has 0 aliphatic heterocycles. The van der Waals surface area contributed by atoms with Crippen molar-refractivity contribution in [1.29, 1.82) is 0 Å². The highest BCUT2D eigenvalue weighted by Crippen LogP contribution is 2.21. The summed E-state index contributed by atoms with van der Waals surface area (Å²) < 4.78 is 5.87. The van der Waals surface area contributed by atoms with Gasteiger partial charge < -0.3 is 14.6 Å². The van der Waals surface area contributed by atoms with Crippen LogP contribution in [0, 0.1) is 20.8 Å². The van der Waals surface area contributed by atoms with Crippen LogP contribution in [-0.2, 0) is 4.79 Å². The highest BCUT2D eigenvalue weighted by molar-refractivity contribution is 5.92. The van der Waals surface area contributed by atoms with E-state index in [0.29, 0.717) is 18.3 Å². The molecule has 2 aromatic carbocycles.